The maximum atomic E-state index is 12.9. The Bertz CT molecular complexity index is 778. The lowest BCUT2D eigenvalue weighted by molar-refractivity contribution is -0.118. The van der Waals surface area contributed by atoms with E-state index in [1.165, 1.54) is 11.1 Å². The van der Waals surface area contributed by atoms with Crippen LogP contribution in [-0.2, 0) is 10.2 Å². The quantitative estimate of drug-likeness (QED) is 0.904. The fourth-order valence-corrected chi connectivity index (χ4v) is 2.98. The molecule has 2 aromatic carbocycles. The van der Waals surface area contributed by atoms with Gasteiger partial charge in [0.25, 0.3) is 0 Å². The smallest absolute Gasteiger partial charge is 0.235 e. The van der Waals surface area contributed by atoms with Crippen LogP contribution in [0.4, 0.5) is 5.69 Å². The van der Waals surface area contributed by atoms with Crippen molar-refractivity contribution in [2.24, 2.45) is 0 Å². The zero-order valence-corrected chi connectivity index (χ0v) is 14.6. The minimum Gasteiger partial charge on any atom is -0.493 e. The summed E-state index contributed by atoms with van der Waals surface area (Å²) in [5.41, 5.74) is 3.74. The predicted octanol–water partition coefficient (Wildman–Crippen LogP) is 3.99. The van der Waals surface area contributed by atoms with E-state index in [0.717, 1.165) is 24.1 Å². The summed E-state index contributed by atoms with van der Waals surface area (Å²) in [6.07, 6.45) is 1.69. The summed E-state index contributed by atoms with van der Waals surface area (Å²) < 4.78 is 10.6. The number of ether oxygens (including phenoxy) is 2. The van der Waals surface area contributed by atoms with E-state index in [9.17, 15) is 4.79 Å². The number of amides is 1. The zero-order valence-electron chi connectivity index (χ0n) is 14.6. The molecule has 0 radical (unpaired) electrons. The molecule has 0 atom stereocenters. The molecule has 0 aromatic heterocycles. The molecular formula is C20H23NO3. The molecule has 0 spiro atoms. The average Bonchev–Trinajstić information content (AvgIpc) is 3.39. The molecule has 2 aromatic rings. The van der Waals surface area contributed by atoms with Gasteiger partial charge in [-0.05, 0) is 67.6 Å². The second kappa shape index (κ2) is 6.19. The van der Waals surface area contributed by atoms with Crippen molar-refractivity contribution in [1.82, 2.24) is 0 Å². The van der Waals surface area contributed by atoms with Crippen molar-refractivity contribution >= 4 is 11.6 Å². The molecule has 0 heterocycles. The van der Waals surface area contributed by atoms with Gasteiger partial charge in [-0.2, -0.15) is 0 Å². The summed E-state index contributed by atoms with van der Waals surface area (Å²) in [7, 11) is 3.22. The van der Waals surface area contributed by atoms with E-state index in [1.807, 2.05) is 43.3 Å². The van der Waals surface area contributed by atoms with Crippen LogP contribution in [0.25, 0.3) is 0 Å². The Labute approximate surface area is 142 Å². The van der Waals surface area contributed by atoms with Crippen LogP contribution >= 0.6 is 0 Å². The molecule has 3 rings (SSSR count). The van der Waals surface area contributed by atoms with Crippen molar-refractivity contribution in [3.63, 3.8) is 0 Å². The van der Waals surface area contributed by atoms with Gasteiger partial charge < -0.3 is 14.8 Å². The first kappa shape index (κ1) is 16.4. The second-order valence-electron chi connectivity index (χ2n) is 6.41. The van der Waals surface area contributed by atoms with Crippen LogP contribution in [0.1, 0.15) is 29.5 Å². The van der Waals surface area contributed by atoms with Gasteiger partial charge in [-0.25, -0.2) is 0 Å². The van der Waals surface area contributed by atoms with Gasteiger partial charge in [0, 0.05) is 5.69 Å². The second-order valence-corrected chi connectivity index (χ2v) is 6.41. The van der Waals surface area contributed by atoms with Crippen molar-refractivity contribution in [3.05, 3.63) is 53.1 Å². The standard InChI is InChI=1S/C20H23NO3/c1-13-5-7-16(11-14(13)2)21-19(22)20(9-10-20)15-6-8-17(23-3)18(12-15)24-4/h5-8,11-12H,9-10H2,1-4H3,(H,21,22). The fraction of sp³-hybridized carbons (Fsp3) is 0.350. The molecule has 0 bridgehead atoms. The third-order valence-corrected chi connectivity index (χ3v) is 4.89. The fourth-order valence-electron chi connectivity index (χ4n) is 2.98. The van der Waals surface area contributed by atoms with Gasteiger partial charge in [-0.1, -0.05) is 12.1 Å². The first-order valence-corrected chi connectivity index (χ1v) is 8.11. The van der Waals surface area contributed by atoms with E-state index >= 15 is 0 Å². The Kier molecular flexibility index (Phi) is 4.22. The molecule has 1 amide bonds. The van der Waals surface area contributed by atoms with E-state index in [-0.39, 0.29) is 5.91 Å². The Balaban J connectivity index is 1.85. The molecule has 1 N–H and O–H groups in total. The highest BCUT2D eigenvalue weighted by Gasteiger charge is 2.51. The first-order chi connectivity index (χ1) is 11.5. The minimum absolute atomic E-state index is 0.0398. The summed E-state index contributed by atoms with van der Waals surface area (Å²) in [5.74, 6) is 1.37. The number of anilines is 1. The third-order valence-electron chi connectivity index (χ3n) is 4.89. The summed E-state index contributed by atoms with van der Waals surface area (Å²) in [6, 6.07) is 11.7. The minimum atomic E-state index is -0.460. The van der Waals surface area contributed by atoms with Gasteiger partial charge in [-0.15, -0.1) is 0 Å². The summed E-state index contributed by atoms with van der Waals surface area (Å²) in [6.45, 7) is 4.11. The molecule has 1 saturated carbocycles. The molecule has 1 aliphatic carbocycles. The number of benzene rings is 2. The van der Waals surface area contributed by atoms with Crippen LogP contribution in [0, 0.1) is 13.8 Å². The lowest BCUT2D eigenvalue weighted by Gasteiger charge is -2.18. The molecular weight excluding hydrogens is 302 g/mol. The van der Waals surface area contributed by atoms with Crippen molar-refractivity contribution in [3.8, 4) is 11.5 Å². The van der Waals surface area contributed by atoms with E-state index in [0.29, 0.717) is 11.5 Å². The average molecular weight is 325 g/mol. The molecule has 126 valence electrons. The van der Waals surface area contributed by atoms with Crippen molar-refractivity contribution in [1.29, 1.82) is 0 Å². The third kappa shape index (κ3) is 2.84. The topological polar surface area (TPSA) is 47.6 Å². The van der Waals surface area contributed by atoms with Gasteiger partial charge in [-0.3, -0.25) is 4.79 Å². The lowest BCUT2D eigenvalue weighted by atomic mass is 9.94. The Hall–Kier alpha value is -2.49. The Morgan fingerprint density at radius 2 is 1.67 bits per heavy atom. The van der Waals surface area contributed by atoms with Crippen LogP contribution < -0.4 is 14.8 Å². The van der Waals surface area contributed by atoms with Crippen LogP contribution in [0.15, 0.2) is 36.4 Å². The highest BCUT2D eigenvalue weighted by atomic mass is 16.5. The molecule has 1 aliphatic rings. The number of hydrogen-bond acceptors (Lipinski definition) is 3. The number of nitrogens with one attached hydrogen (secondary N) is 1. The number of carbonyl (C=O) groups excluding carboxylic acids is 1. The zero-order chi connectivity index (χ0) is 17.3. The van der Waals surface area contributed by atoms with Crippen LogP contribution in [-0.4, -0.2) is 20.1 Å². The monoisotopic (exact) mass is 325 g/mol. The molecule has 4 nitrogen and oxygen atoms in total. The maximum Gasteiger partial charge on any atom is 0.235 e. The van der Waals surface area contributed by atoms with Gasteiger partial charge in [0.1, 0.15) is 0 Å². The molecule has 1 fully saturated rings. The van der Waals surface area contributed by atoms with E-state index in [2.05, 4.69) is 12.2 Å². The van der Waals surface area contributed by atoms with E-state index in [4.69, 9.17) is 9.47 Å². The number of methoxy groups -OCH3 is 2. The Morgan fingerprint density at radius 1 is 0.958 bits per heavy atom. The van der Waals surface area contributed by atoms with Crippen LogP contribution in [0.5, 0.6) is 11.5 Å². The van der Waals surface area contributed by atoms with Crippen LogP contribution in [0.3, 0.4) is 0 Å². The SMILES string of the molecule is COc1ccc(C2(C(=O)Nc3ccc(C)c(C)c3)CC2)cc1OC. The largest absolute Gasteiger partial charge is 0.493 e. The first-order valence-electron chi connectivity index (χ1n) is 8.11. The lowest BCUT2D eigenvalue weighted by Crippen LogP contribution is -2.27. The number of aryl methyl sites for hydroxylation is 2. The van der Waals surface area contributed by atoms with Gasteiger partial charge in [0.15, 0.2) is 11.5 Å². The molecule has 0 aliphatic heterocycles. The molecule has 0 unspecified atom stereocenters. The summed E-state index contributed by atoms with van der Waals surface area (Å²) in [4.78, 5) is 12.9. The molecule has 0 saturated heterocycles. The summed E-state index contributed by atoms with van der Waals surface area (Å²) in [5, 5.41) is 3.07. The van der Waals surface area contributed by atoms with Crippen molar-refractivity contribution in [2.45, 2.75) is 32.1 Å². The predicted molar refractivity (Wildman–Crippen MR) is 95.0 cm³/mol. The van der Waals surface area contributed by atoms with Crippen molar-refractivity contribution in [2.75, 3.05) is 19.5 Å². The molecule has 24 heavy (non-hydrogen) atoms. The number of carbonyl (C=O) groups is 1. The maximum absolute atomic E-state index is 12.9. The van der Waals surface area contributed by atoms with Crippen LogP contribution in [0.2, 0.25) is 0 Å². The highest BCUT2D eigenvalue weighted by molar-refractivity contribution is 6.01. The van der Waals surface area contributed by atoms with Gasteiger partial charge in [0.2, 0.25) is 5.91 Å². The van der Waals surface area contributed by atoms with E-state index < -0.39 is 5.41 Å². The highest BCUT2D eigenvalue weighted by Crippen LogP contribution is 2.50. The normalized spacial score (nSPS) is 14.8. The number of hydrogen-bond donors (Lipinski definition) is 1. The van der Waals surface area contributed by atoms with Crippen molar-refractivity contribution < 1.29 is 14.3 Å². The number of rotatable bonds is 5. The molecule has 4 heteroatoms. The van der Waals surface area contributed by atoms with Gasteiger partial charge in [0.05, 0.1) is 19.6 Å². The van der Waals surface area contributed by atoms with E-state index in [1.54, 1.807) is 14.2 Å². The summed E-state index contributed by atoms with van der Waals surface area (Å²) >= 11 is 0. The van der Waals surface area contributed by atoms with Gasteiger partial charge >= 0.3 is 0 Å². The Morgan fingerprint density at radius 3 is 2.25 bits per heavy atom.